The lowest BCUT2D eigenvalue weighted by Gasteiger charge is -2.32. The van der Waals surface area contributed by atoms with E-state index in [9.17, 15) is 31.2 Å². The molecule has 0 bridgehead atoms. The average Bonchev–Trinajstić information content (AvgIpc) is 3.37. The molecule has 2 aromatic heterocycles. The number of nitrogens with one attached hydrogen (secondary N) is 1. The number of nitrogens with zero attached hydrogens (tertiary/aromatic N) is 2. The van der Waals surface area contributed by atoms with Gasteiger partial charge in [-0.2, -0.15) is 13.2 Å². The van der Waals surface area contributed by atoms with Crippen molar-refractivity contribution >= 4 is 33.0 Å². The Hall–Kier alpha value is -2.47. The van der Waals surface area contributed by atoms with Crippen LogP contribution in [0.25, 0.3) is 0 Å². The minimum atomic E-state index is -4.15. The number of halogens is 3. The van der Waals surface area contributed by atoms with E-state index in [0.29, 0.717) is 42.1 Å². The van der Waals surface area contributed by atoms with Gasteiger partial charge in [0, 0.05) is 17.6 Å². The third-order valence-electron chi connectivity index (χ3n) is 6.64. The molecule has 1 aliphatic heterocycles. The molecule has 0 saturated heterocycles. The van der Waals surface area contributed by atoms with Gasteiger partial charge in [-0.25, -0.2) is 8.42 Å². The predicted octanol–water partition coefficient (Wildman–Crippen LogP) is 4.19. The Morgan fingerprint density at radius 2 is 1.94 bits per heavy atom. The summed E-state index contributed by atoms with van der Waals surface area (Å²) in [7, 11) is -3.34. The number of rotatable bonds is 7. The van der Waals surface area contributed by atoms with E-state index in [4.69, 9.17) is 0 Å². The van der Waals surface area contributed by atoms with Crippen LogP contribution in [0.5, 0.6) is 0 Å². The summed E-state index contributed by atoms with van der Waals surface area (Å²) in [6, 6.07) is 4.55. The van der Waals surface area contributed by atoms with Crippen LogP contribution in [-0.2, 0) is 22.9 Å². The molecule has 1 saturated carbocycles. The van der Waals surface area contributed by atoms with Crippen molar-refractivity contribution in [2.24, 2.45) is 11.8 Å². The summed E-state index contributed by atoms with van der Waals surface area (Å²) in [5.74, 6) is -1.76. The van der Waals surface area contributed by atoms with Crippen LogP contribution in [0.15, 0.2) is 29.3 Å². The van der Waals surface area contributed by atoms with Crippen molar-refractivity contribution in [3.05, 3.63) is 45.4 Å². The molecule has 1 fully saturated rings. The SMILES string of the molecule is CCS(=O)(=O)c1ccc(CNC(=O)c2cc3c(s2)CN(CC2CCC(C(F)(F)F)CC2)C3=O)nc1. The van der Waals surface area contributed by atoms with Crippen LogP contribution in [0.2, 0.25) is 0 Å². The number of fused-ring (bicyclic) bond motifs is 1. The second-order valence-corrected chi connectivity index (χ2v) is 12.4. The van der Waals surface area contributed by atoms with E-state index in [2.05, 4.69) is 10.3 Å². The van der Waals surface area contributed by atoms with E-state index >= 15 is 0 Å². The van der Waals surface area contributed by atoms with Crippen molar-refractivity contribution in [2.75, 3.05) is 12.3 Å². The molecule has 190 valence electrons. The Balaban J connectivity index is 1.29. The van der Waals surface area contributed by atoms with Gasteiger partial charge in [-0.15, -0.1) is 11.3 Å². The molecule has 1 aliphatic carbocycles. The molecule has 0 aromatic carbocycles. The van der Waals surface area contributed by atoms with Crippen LogP contribution in [0.3, 0.4) is 0 Å². The van der Waals surface area contributed by atoms with E-state index < -0.39 is 21.9 Å². The Labute approximate surface area is 205 Å². The van der Waals surface area contributed by atoms with Gasteiger partial charge in [-0.05, 0) is 49.8 Å². The summed E-state index contributed by atoms with van der Waals surface area (Å²) in [6.45, 7) is 2.45. The van der Waals surface area contributed by atoms with E-state index in [0.717, 1.165) is 4.88 Å². The highest BCUT2D eigenvalue weighted by molar-refractivity contribution is 7.91. The second-order valence-electron chi connectivity index (χ2n) is 8.96. The molecule has 2 aromatic rings. The molecule has 7 nitrogen and oxygen atoms in total. The van der Waals surface area contributed by atoms with Gasteiger partial charge in [0.15, 0.2) is 9.84 Å². The molecule has 2 aliphatic rings. The maximum Gasteiger partial charge on any atom is 0.391 e. The predicted molar refractivity (Wildman–Crippen MR) is 124 cm³/mol. The minimum Gasteiger partial charge on any atom is -0.346 e. The average molecular weight is 530 g/mol. The number of carbonyl (C=O) groups is 2. The Kier molecular flexibility index (Phi) is 7.23. The van der Waals surface area contributed by atoms with E-state index in [1.54, 1.807) is 24.0 Å². The van der Waals surface area contributed by atoms with Crippen LogP contribution < -0.4 is 5.32 Å². The van der Waals surface area contributed by atoms with Gasteiger partial charge in [0.25, 0.3) is 11.8 Å². The standard InChI is InChI=1S/C23H26F3N3O4S2/c1-2-35(32,33)17-8-7-16(27-11-17)10-28-21(30)19-9-18-20(34-19)13-29(22(18)31)12-14-3-5-15(6-4-14)23(24,25)26/h7-9,11,14-15H,2-6,10,12-13H2,1H3,(H,28,30). The fraction of sp³-hybridized carbons (Fsp3) is 0.522. The maximum absolute atomic E-state index is 12.9. The molecule has 1 N–H and O–H groups in total. The molecule has 0 spiro atoms. The summed E-state index contributed by atoms with van der Waals surface area (Å²) in [5, 5.41) is 2.73. The summed E-state index contributed by atoms with van der Waals surface area (Å²) in [6.07, 6.45) is -1.76. The normalized spacial score (nSPS) is 20.7. The number of hydrogen-bond acceptors (Lipinski definition) is 6. The molecule has 0 unspecified atom stereocenters. The summed E-state index contributed by atoms with van der Waals surface area (Å²) in [4.78, 5) is 32.4. The highest BCUT2D eigenvalue weighted by Crippen LogP contribution is 2.40. The van der Waals surface area contributed by atoms with Crippen molar-refractivity contribution in [1.29, 1.82) is 0 Å². The number of carbonyl (C=O) groups excluding carboxylic acids is 2. The van der Waals surface area contributed by atoms with Gasteiger partial charge < -0.3 is 10.2 Å². The lowest BCUT2D eigenvalue weighted by Crippen LogP contribution is -2.34. The van der Waals surface area contributed by atoms with Crippen molar-refractivity contribution in [3.63, 3.8) is 0 Å². The van der Waals surface area contributed by atoms with Gasteiger partial charge in [0.2, 0.25) is 0 Å². The zero-order valence-electron chi connectivity index (χ0n) is 19.1. The van der Waals surface area contributed by atoms with Crippen molar-refractivity contribution in [3.8, 4) is 0 Å². The zero-order valence-corrected chi connectivity index (χ0v) is 20.7. The lowest BCUT2D eigenvalue weighted by molar-refractivity contribution is -0.184. The van der Waals surface area contributed by atoms with Gasteiger partial charge in [0.05, 0.1) is 45.8 Å². The fourth-order valence-electron chi connectivity index (χ4n) is 4.51. The number of hydrogen-bond donors (Lipinski definition) is 1. The smallest absolute Gasteiger partial charge is 0.346 e. The summed E-state index contributed by atoms with van der Waals surface area (Å²) < 4.78 is 62.4. The molecule has 0 atom stereocenters. The molecule has 12 heteroatoms. The third kappa shape index (κ3) is 5.69. The van der Waals surface area contributed by atoms with Gasteiger partial charge in [-0.1, -0.05) is 6.92 Å². The highest BCUT2D eigenvalue weighted by atomic mass is 32.2. The summed E-state index contributed by atoms with van der Waals surface area (Å²) >= 11 is 1.22. The Morgan fingerprint density at radius 3 is 2.51 bits per heavy atom. The van der Waals surface area contributed by atoms with E-state index in [1.165, 1.54) is 23.6 Å². The number of pyridine rings is 1. The monoisotopic (exact) mass is 529 g/mol. The highest BCUT2D eigenvalue weighted by Gasteiger charge is 2.42. The minimum absolute atomic E-state index is 0.0247. The number of alkyl halides is 3. The molecular weight excluding hydrogens is 503 g/mol. The van der Waals surface area contributed by atoms with Gasteiger partial charge in [0.1, 0.15) is 0 Å². The van der Waals surface area contributed by atoms with Crippen LogP contribution in [0.1, 0.15) is 63.2 Å². The van der Waals surface area contributed by atoms with Crippen molar-refractivity contribution < 1.29 is 31.2 Å². The van der Waals surface area contributed by atoms with Crippen LogP contribution >= 0.6 is 11.3 Å². The maximum atomic E-state index is 12.9. The first-order valence-electron chi connectivity index (χ1n) is 11.4. The van der Waals surface area contributed by atoms with E-state index in [1.807, 2.05) is 0 Å². The lowest BCUT2D eigenvalue weighted by atomic mass is 9.81. The summed E-state index contributed by atoms with van der Waals surface area (Å²) in [5.41, 5.74) is 0.969. The number of aromatic nitrogens is 1. The molecule has 0 radical (unpaired) electrons. The largest absolute Gasteiger partial charge is 0.391 e. The van der Waals surface area contributed by atoms with Crippen molar-refractivity contribution in [1.82, 2.24) is 15.2 Å². The molecular formula is C23H26F3N3O4S2. The Morgan fingerprint density at radius 1 is 1.23 bits per heavy atom. The molecule has 4 rings (SSSR count). The third-order valence-corrected chi connectivity index (χ3v) is 9.48. The number of thiophene rings is 1. The van der Waals surface area contributed by atoms with E-state index in [-0.39, 0.29) is 47.8 Å². The zero-order chi connectivity index (χ0) is 25.4. The number of sulfone groups is 1. The fourth-order valence-corrected chi connectivity index (χ4v) is 6.42. The first-order chi connectivity index (χ1) is 16.5. The van der Waals surface area contributed by atoms with Crippen LogP contribution in [0.4, 0.5) is 13.2 Å². The van der Waals surface area contributed by atoms with Gasteiger partial charge in [-0.3, -0.25) is 14.6 Å². The first kappa shape index (κ1) is 25.6. The quantitative estimate of drug-likeness (QED) is 0.580. The second kappa shape index (κ2) is 9.88. The van der Waals surface area contributed by atoms with Crippen LogP contribution in [-0.4, -0.2) is 48.6 Å². The molecule has 3 heterocycles. The molecule has 2 amide bonds. The van der Waals surface area contributed by atoms with Gasteiger partial charge >= 0.3 is 6.18 Å². The topological polar surface area (TPSA) is 96.4 Å². The first-order valence-corrected chi connectivity index (χ1v) is 13.9. The van der Waals surface area contributed by atoms with Crippen molar-refractivity contribution in [2.45, 2.75) is 56.8 Å². The number of amides is 2. The van der Waals surface area contributed by atoms with Crippen LogP contribution in [0, 0.1) is 11.8 Å². The molecule has 35 heavy (non-hydrogen) atoms. The Bertz CT molecular complexity index is 1200.